The number of benzene rings is 1. The molecule has 1 unspecified atom stereocenters. The second-order valence-electron chi connectivity index (χ2n) is 4.94. The molecule has 3 rings (SSSR count). The van der Waals surface area contributed by atoms with Gasteiger partial charge in [-0.1, -0.05) is 12.1 Å². The summed E-state index contributed by atoms with van der Waals surface area (Å²) >= 11 is 1.56. The molecule has 1 aliphatic carbocycles. The van der Waals surface area contributed by atoms with Crippen LogP contribution in [0.2, 0.25) is 0 Å². The number of aryl methyl sites for hydroxylation is 1. The number of likely N-dealkylation sites (N-methyl/N-ethyl adjacent to an activating group) is 1. The number of rotatable bonds is 2. The van der Waals surface area contributed by atoms with Crippen LogP contribution >= 0.6 is 11.3 Å². The first-order chi connectivity index (χ1) is 9.13. The predicted molar refractivity (Wildman–Crippen MR) is 75.7 cm³/mol. The fourth-order valence-corrected chi connectivity index (χ4v) is 3.80. The molecule has 0 aliphatic heterocycles. The van der Waals surface area contributed by atoms with Crippen molar-refractivity contribution in [2.75, 3.05) is 12.8 Å². The molecule has 0 fully saturated rings. The number of anilines is 1. The monoisotopic (exact) mass is 277 g/mol. The Morgan fingerprint density at radius 2 is 2.11 bits per heavy atom. The summed E-state index contributed by atoms with van der Waals surface area (Å²) in [7, 11) is 1.96. The van der Waals surface area contributed by atoms with Crippen LogP contribution in [-0.2, 0) is 18.4 Å². The minimum Gasteiger partial charge on any atom is -0.375 e. The standard InChI is InChI=1S/C14H16FN3S/c1-17-14(9-2-4-10(15)5-3-9)7-6-11-12(8-14)19-13(16)18-11/h2-5,17H,6-8H2,1H3,(H2,16,18). The van der Waals surface area contributed by atoms with Gasteiger partial charge in [-0.25, -0.2) is 9.37 Å². The quantitative estimate of drug-likeness (QED) is 0.886. The first-order valence-electron chi connectivity index (χ1n) is 6.32. The minimum absolute atomic E-state index is 0.139. The van der Waals surface area contributed by atoms with Crippen LogP contribution in [0.25, 0.3) is 0 Å². The van der Waals surface area contributed by atoms with E-state index in [0.717, 1.165) is 30.5 Å². The number of thiazole rings is 1. The van der Waals surface area contributed by atoms with E-state index in [1.165, 1.54) is 17.0 Å². The molecule has 0 amide bonds. The third-order valence-electron chi connectivity index (χ3n) is 3.92. The van der Waals surface area contributed by atoms with E-state index in [1.54, 1.807) is 11.3 Å². The van der Waals surface area contributed by atoms with Crippen molar-refractivity contribution in [2.24, 2.45) is 0 Å². The molecule has 0 radical (unpaired) electrons. The van der Waals surface area contributed by atoms with Crippen molar-refractivity contribution in [3.05, 3.63) is 46.2 Å². The number of aromatic nitrogens is 1. The average molecular weight is 277 g/mol. The van der Waals surface area contributed by atoms with Crippen LogP contribution in [0.5, 0.6) is 0 Å². The van der Waals surface area contributed by atoms with Crippen LogP contribution < -0.4 is 11.1 Å². The molecule has 5 heteroatoms. The molecule has 1 heterocycles. The van der Waals surface area contributed by atoms with Crippen molar-refractivity contribution in [3.63, 3.8) is 0 Å². The molecule has 3 nitrogen and oxygen atoms in total. The number of hydrogen-bond donors (Lipinski definition) is 2. The third-order valence-corrected chi connectivity index (χ3v) is 4.85. The lowest BCUT2D eigenvalue weighted by atomic mass is 9.78. The van der Waals surface area contributed by atoms with E-state index < -0.39 is 0 Å². The summed E-state index contributed by atoms with van der Waals surface area (Å²) < 4.78 is 13.1. The maximum absolute atomic E-state index is 13.1. The molecule has 0 saturated carbocycles. The van der Waals surface area contributed by atoms with Crippen molar-refractivity contribution in [3.8, 4) is 0 Å². The Labute approximate surface area is 115 Å². The highest BCUT2D eigenvalue weighted by Gasteiger charge is 2.36. The predicted octanol–water partition coefficient (Wildman–Crippen LogP) is 2.47. The van der Waals surface area contributed by atoms with E-state index in [2.05, 4.69) is 10.3 Å². The number of hydrogen-bond acceptors (Lipinski definition) is 4. The first kappa shape index (κ1) is 12.6. The van der Waals surface area contributed by atoms with Crippen LogP contribution in [0.4, 0.5) is 9.52 Å². The van der Waals surface area contributed by atoms with Gasteiger partial charge >= 0.3 is 0 Å². The van der Waals surface area contributed by atoms with E-state index in [9.17, 15) is 4.39 Å². The van der Waals surface area contributed by atoms with Gasteiger partial charge in [-0.05, 0) is 37.6 Å². The number of nitrogens with zero attached hydrogens (tertiary/aromatic N) is 1. The van der Waals surface area contributed by atoms with Crippen molar-refractivity contribution >= 4 is 16.5 Å². The average Bonchev–Trinajstić information content (AvgIpc) is 2.78. The van der Waals surface area contributed by atoms with Gasteiger partial charge in [0.2, 0.25) is 0 Å². The van der Waals surface area contributed by atoms with Gasteiger partial charge < -0.3 is 11.1 Å². The number of fused-ring (bicyclic) bond motifs is 1. The van der Waals surface area contributed by atoms with Crippen LogP contribution in [0, 0.1) is 5.82 Å². The molecule has 2 aromatic rings. The molecular weight excluding hydrogens is 261 g/mol. The molecule has 1 atom stereocenters. The van der Waals surface area contributed by atoms with Gasteiger partial charge in [-0.3, -0.25) is 0 Å². The zero-order valence-corrected chi connectivity index (χ0v) is 11.6. The Morgan fingerprint density at radius 3 is 2.79 bits per heavy atom. The van der Waals surface area contributed by atoms with Crippen LogP contribution in [0.1, 0.15) is 22.6 Å². The molecular formula is C14H16FN3S. The second-order valence-corrected chi connectivity index (χ2v) is 6.05. The summed E-state index contributed by atoms with van der Waals surface area (Å²) in [6, 6.07) is 6.76. The van der Waals surface area contributed by atoms with Gasteiger partial charge in [-0.15, -0.1) is 11.3 Å². The highest BCUT2D eigenvalue weighted by molar-refractivity contribution is 7.15. The largest absolute Gasteiger partial charge is 0.375 e. The zero-order chi connectivity index (χ0) is 13.5. The fraction of sp³-hybridized carbons (Fsp3) is 0.357. The van der Waals surface area contributed by atoms with Crippen molar-refractivity contribution in [1.29, 1.82) is 0 Å². The number of halogens is 1. The second kappa shape index (κ2) is 4.58. The minimum atomic E-state index is -0.200. The molecule has 3 N–H and O–H groups in total. The van der Waals surface area contributed by atoms with E-state index >= 15 is 0 Å². The molecule has 0 saturated heterocycles. The zero-order valence-electron chi connectivity index (χ0n) is 10.7. The molecule has 1 aliphatic rings. The Hall–Kier alpha value is -1.46. The topological polar surface area (TPSA) is 50.9 Å². The number of nitrogens with two attached hydrogens (primary N) is 1. The Morgan fingerprint density at radius 1 is 1.37 bits per heavy atom. The summed E-state index contributed by atoms with van der Waals surface area (Å²) in [5.74, 6) is -0.200. The number of nitrogen functional groups attached to an aromatic ring is 1. The van der Waals surface area contributed by atoms with Crippen LogP contribution in [0.15, 0.2) is 24.3 Å². The van der Waals surface area contributed by atoms with Gasteiger partial charge in [0, 0.05) is 16.8 Å². The Bertz CT molecular complexity index is 593. The summed E-state index contributed by atoms with van der Waals surface area (Å²) in [5.41, 5.74) is 7.89. The maximum Gasteiger partial charge on any atom is 0.180 e. The van der Waals surface area contributed by atoms with Crippen LogP contribution in [0.3, 0.4) is 0 Å². The molecule has 1 aromatic carbocycles. The van der Waals surface area contributed by atoms with E-state index in [4.69, 9.17) is 5.73 Å². The Kier molecular flexibility index (Phi) is 3.03. The first-order valence-corrected chi connectivity index (χ1v) is 7.14. The van der Waals surface area contributed by atoms with Gasteiger partial charge in [0.25, 0.3) is 0 Å². The normalized spacial score (nSPS) is 22.2. The fourth-order valence-electron chi connectivity index (χ4n) is 2.80. The molecule has 100 valence electrons. The summed E-state index contributed by atoms with van der Waals surface area (Å²) in [6.45, 7) is 0. The van der Waals surface area contributed by atoms with Gasteiger partial charge in [0.05, 0.1) is 5.69 Å². The smallest absolute Gasteiger partial charge is 0.180 e. The summed E-state index contributed by atoms with van der Waals surface area (Å²) in [6.07, 6.45) is 2.71. The van der Waals surface area contributed by atoms with E-state index in [0.29, 0.717) is 5.13 Å². The van der Waals surface area contributed by atoms with E-state index in [-0.39, 0.29) is 11.4 Å². The molecule has 0 bridgehead atoms. The highest BCUT2D eigenvalue weighted by Crippen LogP contribution is 2.39. The maximum atomic E-state index is 13.1. The van der Waals surface area contributed by atoms with Gasteiger partial charge in [0.15, 0.2) is 5.13 Å². The lowest BCUT2D eigenvalue weighted by Gasteiger charge is -2.37. The van der Waals surface area contributed by atoms with Crippen LogP contribution in [-0.4, -0.2) is 12.0 Å². The van der Waals surface area contributed by atoms with Crippen molar-refractivity contribution in [2.45, 2.75) is 24.8 Å². The summed E-state index contributed by atoms with van der Waals surface area (Å²) in [5, 5.41) is 4.05. The SMILES string of the molecule is CNC1(c2ccc(F)cc2)CCc2nc(N)sc2C1. The highest BCUT2D eigenvalue weighted by atomic mass is 32.1. The lowest BCUT2D eigenvalue weighted by molar-refractivity contribution is 0.315. The lowest BCUT2D eigenvalue weighted by Crippen LogP contribution is -2.44. The molecule has 19 heavy (non-hydrogen) atoms. The van der Waals surface area contributed by atoms with Crippen molar-refractivity contribution < 1.29 is 4.39 Å². The molecule has 1 aromatic heterocycles. The number of nitrogens with one attached hydrogen (secondary N) is 1. The van der Waals surface area contributed by atoms with Gasteiger partial charge in [-0.2, -0.15) is 0 Å². The van der Waals surface area contributed by atoms with Crippen molar-refractivity contribution in [1.82, 2.24) is 10.3 Å². The third kappa shape index (κ3) is 2.13. The summed E-state index contributed by atoms with van der Waals surface area (Å²) in [4.78, 5) is 5.61. The molecule has 0 spiro atoms. The van der Waals surface area contributed by atoms with Gasteiger partial charge in [0.1, 0.15) is 5.82 Å². The van der Waals surface area contributed by atoms with E-state index in [1.807, 2.05) is 19.2 Å². The Balaban J connectivity index is 1.99.